The molecule has 6 heteroatoms. The van der Waals surface area contributed by atoms with Gasteiger partial charge >= 0.3 is 0 Å². The number of hydrogen-bond donors (Lipinski definition) is 0. The molecule has 7 rings (SSSR count). The van der Waals surface area contributed by atoms with Crippen LogP contribution in [-0.4, -0.2) is 49.9 Å². The summed E-state index contributed by atoms with van der Waals surface area (Å²) in [7, 11) is 1.60. The molecule has 0 bridgehead atoms. The lowest BCUT2D eigenvalue weighted by Gasteiger charge is -2.20. The van der Waals surface area contributed by atoms with Crippen LogP contribution in [0.2, 0.25) is 0 Å². The molecule has 0 unspecified atom stereocenters. The highest BCUT2D eigenvalue weighted by Crippen LogP contribution is 2.38. The van der Waals surface area contributed by atoms with Crippen molar-refractivity contribution < 1.29 is 19.0 Å². The summed E-state index contributed by atoms with van der Waals surface area (Å²) < 4.78 is 17.7. The number of nitrogens with zero attached hydrogens (tertiary/aromatic N) is 2. The molecule has 0 saturated carbocycles. The van der Waals surface area contributed by atoms with Crippen LogP contribution in [0.5, 0.6) is 17.2 Å². The van der Waals surface area contributed by atoms with Gasteiger partial charge in [0.2, 0.25) is 0 Å². The van der Waals surface area contributed by atoms with E-state index in [4.69, 9.17) is 14.2 Å². The van der Waals surface area contributed by atoms with E-state index in [-0.39, 0.29) is 11.9 Å². The zero-order valence-corrected chi connectivity index (χ0v) is 25.0. The number of carbonyl (C=O) groups excluding carboxylic acids is 1. The fourth-order valence-corrected chi connectivity index (χ4v) is 6.40. The van der Waals surface area contributed by atoms with Gasteiger partial charge in [-0.25, -0.2) is 0 Å². The Kier molecular flexibility index (Phi) is 7.89. The zero-order valence-electron chi connectivity index (χ0n) is 25.0. The van der Waals surface area contributed by atoms with E-state index in [2.05, 4.69) is 83.9 Å². The Morgan fingerprint density at radius 3 is 2.34 bits per heavy atom. The number of unbranched alkanes of at least 4 members (excludes halogenated alkanes) is 2. The first kappa shape index (κ1) is 28.0. The molecule has 2 aliphatic heterocycles. The van der Waals surface area contributed by atoms with Gasteiger partial charge in [0, 0.05) is 18.8 Å². The van der Waals surface area contributed by atoms with Gasteiger partial charge in [0.15, 0.2) is 11.5 Å². The van der Waals surface area contributed by atoms with Gasteiger partial charge in [0.1, 0.15) is 5.75 Å². The van der Waals surface area contributed by atoms with Crippen LogP contribution in [0.1, 0.15) is 42.5 Å². The van der Waals surface area contributed by atoms with Crippen molar-refractivity contribution in [2.75, 3.05) is 26.9 Å². The van der Waals surface area contributed by atoms with Gasteiger partial charge in [-0.15, -0.1) is 0 Å². The van der Waals surface area contributed by atoms with Crippen molar-refractivity contribution in [3.63, 3.8) is 0 Å². The van der Waals surface area contributed by atoms with E-state index < -0.39 is 0 Å². The van der Waals surface area contributed by atoms with Crippen molar-refractivity contribution >= 4 is 39.4 Å². The minimum atomic E-state index is 0.0154. The Morgan fingerprint density at radius 2 is 1.52 bits per heavy atom. The lowest BCUT2D eigenvalue weighted by atomic mass is 9.93. The second-order valence-corrected chi connectivity index (χ2v) is 11.5. The topological polar surface area (TPSA) is 60.4 Å². The summed E-state index contributed by atoms with van der Waals surface area (Å²) in [5.74, 6) is 2.07. The van der Waals surface area contributed by atoms with Crippen LogP contribution in [0, 0.1) is 0 Å². The third-order valence-corrected chi connectivity index (χ3v) is 8.71. The summed E-state index contributed by atoms with van der Waals surface area (Å²) in [6, 6.07) is 31.6. The third-order valence-electron chi connectivity index (χ3n) is 8.71. The van der Waals surface area contributed by atoms with Crippen LogP contribution >= 0.6 is 0 Å². The maximum atomic E-state index is 13.1. The van der Waals surface area contributed by atoms with E-state index in [0.717, 1.165) is 44.4 Å². The normalized spacial score (nSPS) is 15.7. The number of aliphatic imine (C=N–C) groups is 1. The molecular weight excluding hydrogens is 548 g/mol. The lowest BCUT2D eigenvalue weighted by Crippen LogP contribution is -2.35. The molecule has 6 nitrogen and oxygen atoms in total. The van der Waals surface area contributed by atoms with Crippen LogP contribution in [-0.2, 0) is 0 Å². The number of amides is 1. The quantitative estimate of drug-likeness (QED) is 0.122. The van der Waals surface area contributed by atoms with E-state index >= 15 is 0 Å². The monoisotopic (exact) mass is 584 g/mol. The molecular formula is C38H36N2O4. The molecule has 44 heavy (non-hydrogen) atoms. The maximum absolute atomic E-state index is 13.1. The number of methoxy groups -OCH3 is 1. The van der Waals surface area contributed by atoms with E-state index in [0.29, 0.717) is 36.0 Å². The third kappa shape index (κ3) is 5.48. The van der Waals surface area contributed by atoms with Crippen molar-refractivity contribution in [1.29, 1.82) is 0 Å². The second-order valence-electron chi connectivity index (χ2n) is 11.5. The molecule has 2 aliphatic rings. The van der Waals surface area contributed by atoms with E-state index in [1.807, 2.05) is 17.2 Å². The van der Waals surface area contributed by atoms with Gasteiger partial charge < -0.3 is 19.1 Å². The highest BCUT2D eigenvalue weighted by Gasteiger charge is 2.32. The number of hydrogen-bond acceptors (Lipinski definition) is 5. The smallest absolute Gasteiger partial charge is 0.256 e. The molecule has 0 spiro atoms. The van der Waals surface area contributed by atoms with Crippen LogP contribution in [0.4, 0.5) is 5.69 Å². The summed E-state index contributed by atoms with van der Waals surface area (Å²) in [6.45, 7) is 1.97. The minimum absolute atomic E-state index is 0.0154. The van der Waals surface area contributed by atoms with Crippen molar-refractivity contribution in [3.05, 3.63) is 96.6 Å². The van der Waals surface area contributed by atoms with E-state index in [1.54, 1.807) is 13.2 Å². The van der Waals surface area contributed by atoms with Crippen LogP contribution < -0.4 is 14.2 Å². The molecule has 0 aromatic heterocycles. The number of ether oxygens (including phenoxy) is 3. The molecule has 0 N–H and O–H groups in total. The Morgan fingerprint density at radius 1 is 0.773 bits per heavy atom. The maximum Gasteiger partial charge on any atom is 0.256 e. The van der Waals surface area contributed by atoms with Crippen molar-refractivity contribution in [2.24, 2.45) is 4.99 Å². The van der Waals surface area contributed by atoms with Crippen LogP contribution in [0.25, 0.3) is 32.7 Å². The Bertz CT molecular complexity index is 1850. The average molecular weight is 585 g/mol. The molecule has 1 fully saturated rings. The molecule has 5 aromatic carbocycles. The van der Waals surface area contributed by atoms with Crippen molar-refractivity contribution in [1.82, 2.24) is 4.90 Å². The number of carbonyl (C=O) groups is 1. The largest absolute Gasteiger partial charge is 0.494 e. The van der Waals surface area contributed by atoms with E-state index in [1.165, 1.54) is 32.7 Å². The number of rotatable bonds is 10. The summed E-state index contributed by atoms with van der Waals surface area (Å²) in [4.78, 5) is 19.6. The highest BCUT2D eigenvalue weighted by molar-refractivity contribution is 6.13. The first-order valence-electron chi connectivity index (χ1n) is 15.5. The zero-order chi connectivity index (χ0) is 29.9. The molecule has 222 valence electrons. The SMILES string of the molecule is COc1cc2c(cc1OCCCCCOc1ccc(-c3cc4ccccc4c4ccccc34)cc1)N=C[C@@H]1CCCN1C2=O. The Balaban J connectivity index is 0.917. The molecule has 0 radical (unpaired) electrons. The Labute approximate surface area is 257 Å². The molecule has 0 aliphatic carbocycles. The predicted molar refractivity (Wildman–Crippen MR) is 177 cm³/mol. The summed E-state index contributed by atoms with van der Waals surface area (Å²) in [5.41, 5.74) is 3.63. The van der Waals surface area contributed by atoms with Gasteiger partial charge in [-0.05, 0) is 89.0 Å². The van der Waals surface area contributed by atoms with Gasteiger partial charge in [-0.3, -0.25) is 9.79 Å². The van der Waals surface area contributed by atoms with Gasteiger partial charge in [0.05, 0.1) is 37.6 Å². The van der Waals surface area contributed by atoms with Gasteiger partial charge in [-0.2, -0.15) is 0 Å². The Hall–Kier alpha value is -4.84. The van der Waals surface area contributed by atoms with Crippen molar-refractivity contribution in [3.8, 4) is 28.4 Å². The number of fused-ring (bicyclic) bond motifs is 5. The summed E-state index contributed by atoms with van der Waals surface area (Å²) >= 11 is 0. The first-order valence-corrected chi connectivity index (χ1v) is 15.5. The van der Waals surface area contributed by atoms with Gasteiger partial charge in [0.25, 0.3) is 5.91 Å². The summed E-state index contributed by atoms with van der Waals surface area (Å²) in [6.07, 6.45) is 6.65. The summed E-state index contributed by atoms with van der Waals surface area (Å²) in [5, 5.41) is 5.05. The minimum Gasteiger partial charge on any atom is -0.494 e. The fraction of sp³-hybridized carbons (Fsp3) is 0.263. The standard InChI is InChI=1S/C38H36N2O4/c1-42-36-23-34-35(39-25-28-11-9-19-40(28)38(34)41)24-37(36)44-21-8-2-7-20-43-29-17-15-26(16-18-29)33-22-27-10-3-4-12-30(27)31-13-5-6-14-32(31)33/h3-6,10,12-18,22-25,28H,2,7-9,11,19-21H2,1H3/t28-/m0/s1. The second kappa shape index (κ2) is 12.4. The lowest BCUT2D eigenvalue weighted by molar-refractivity contribution is 0.0774. The fourth-order valence-electron chi connectivity index (χ4n) is 6.40. The first-order chi connectivity index (χ1) is 21.7. The molecule has 1 saturated heterocycles. The molecule has 1 atom stereocenters. The van der Waals surface area contributed by atoms with Crippen LogP contribution in [0.3, 0.4) is 0 Å². The molecule has 2 heterocycles. The van der Waals surface area contributed by atoms with Crippen LogP contribution in [0.15, 0.2) is 96.0 Å². The van der Waals surface area contributed by atoms with E-state index in [9.17, 15) is 4.79 Å². The molecule has 5 aromatic rings. The molecule has 1 amide bonds. The number of benzene rings is 5. The van der Waals surface area contributed by atoms with Crippen molar-refractivity contribution in [2.45, 2.75) is 38.1 Å². The highest BCUT2D eigenvalue weighted by atomic mass is 16.5. The average Bonchev–Trinajstić information content (AvgIpc) is 3.50. The van der Waals surface area contributed by atoms with Gasteiger partial charge in [-0.1, -0.05) is 60.7 Å². The predicted octanol–water partition coefficient (Wildman–Crippen LogP) is 8.62.